The molecule has 0 saturated carbocycles. The molecule has 0 aliphatic carbocycles. The first-order chi connectivity index (χ1) is 9.22. The molecule has 0 aromatic carbocycles. The van der Waals surface area contributed by atoms with Gasteiger partial charge in [0, 0.05) is 50.8 Å². The number of nitrogens with one attached hydrogen (secondary N) is 1. The lowest BCUT2D eigenvalue weighted by Gasteiger charge is -2.08. The van der Waals surface area contributed by atoms with Crippen molar-refractivity contribution in [3.05, 3.63) is 40.7 Å². The number of aryl methyl sites for hydroxylation is 2. The average molecular weight is 261 g/mol. The fraction of sp³-hybridized carbons (Fsp3) is 0.462. The molecule has 6 heteroatoms. The highest BCUT2D eigenvalue weighted by Gasteiger charge is 2.04. The summed E-state index contributed by atoms with van der Waals surface area (Å²) in [6, 6.07) is 1.97. The van der Waals surface area contributed by atoms with Gasteiger partial charge in [-0.1, -0.05) is 6.92 Å². The minimum absolute atomic E-state index is 0.0608. The van der Waals surface area contributed by atoms with Crippen molar-refractivity contribution in [2.24, 2.45) is 7.05 Å². The Morgan fingerprint density at radius 2 is 2.21 bits per heavy atom. The third-order valence-electron chi connectivity index (χ3n) is 2.97. The predicted molar refractivity (Wildman–Crippen MR) is 74.2 cm³/mol. The zero-order valence-electron chi connectivity index (χ0n) is 11.3. The van der Waals surface area contributed by atoms with Gasteiger partial charge in [-0.25, -0.2) is 4.98 Å². The van der Waals surface area contributed by atoms with E-state index in [2.05, 4.69) is 15.4 Å². The maximum absolute atomic E-state index is 12.0. The summed E-state index contributed by atoms with van der Waals surface area (Å²) in [5.74, 6) is 0.415. The third kappa shape index (κ3) is 3.21. The van der Waals surface area contributed by atoms with Gasteiger partial charge in [-0.05, 0) is 12.5 Å². The summed E-state index contributed by atoms with van der Waals surface area (Å²) in [4.78, 5) is 16.1. The van der Waals surface area contributed by atoms with Gasteiger partial charge in [0.1, 0.15) is 0 Å². The zero-order valence-corrected chi connectivity index (χ0v) is 11.3. The molecule has 102 valence electrons. The summed E-state index contributed by atoms with van der Waals surface area (Å²) in [6.07, 6.45) is 6.88. The fourth-order valence-electron chi connectivity index (χ4n) is 1.94. The van der Waals surface area contributed by atoms with Gasteiger partial charge in [0.05, 0.1) is 0 Å². The molecular weight excluding hydrogens is 242 g/mol. The van der Waals surface area contributed by atoms with Crippen molar-refractivity contribution >= 4 is 5.82 Å². The summed E-state index contributed by atoms with van der Waals surface area (Å²) in [7, 11) is 1.91. The van der Waals surface area contributed by atoms with Gasteiger partial charge in [0.2, 0.25) is 0 Å². The van der Waals surface area contributed by atoms with E-state index in [1.54, 1.807) is 23.2 Å². The molecule has 0 fully saturated rings. The SMILES string of the molecule is CCCn1ccnc(NCCc2ccnn2C)c1=O. The molecular formula is C13H19N5O. The minimum Gasteiger partial charge on any atom is -0.365 e. The maximum Gasteiger partial charge on any atom is 0.293 e. The smallest absolute Gasteiger partial charge is 0.293 e. The molecule has 2 aromatic rings. The lowest BCUT2D eigenvalue weighted by Crippen LogP contribution is -2.25. The van der Waals surface area contributed by atoms with Gasteiger partial charge < -0.3 is 9.88 Å². The molecule has 0 saturated heterocycles. The molecule has 0 amide bonds. The van der Waals surface area contributed by atoms with Crippen LogP contribution in [0.25, 0.3) is 0 Å². The van der Waals surface area contributed by atoms with E-state index in [4.69, 9.17) is 0 Å². The molecule has 0 spiro atoms. The van der Waals surface area contributed by atoms with Gasteiger partial charge in [0.25, 0.3) is 5.56 Å². The Hall–Kier alpha value is -2.11. The second kappa shape index (κ2) is 6.17. The van der Waals surface area contributed by atoms with Crippen molar-refractivity contribution in [2.45, 2.75) is 26.3 Å². The zero-order chi connectivity index (χ0) is 13.7. The lowest BCUT2D eigenvalue weighted by molar-refractivity contribution is 0.649. The lowest BCUT2D eigenvalue weighted by atomic mass is 10.3. The number of hydrogen-bond acceptors (Lipinski definition) is 4. The number of aromatic nitrogens is 4. The van der Waals surface area contributed by atoms with Crippen molar-refractivity contribution in [2.75, 3.05) is 11.9 Å². The van der Waals surface area contributed by atoms with E-state index in [1.807, 2.05) is 24.7 Å². The summed E-state index contributed by atoms with van der Waals surface area (Å²) in [6.45, 7) is 3.43. The Labute approximate surface area is 112 Å². The van der Waals surface area contributed by atoms with E-state index in [9.17, 15) is 4.79 Å². The highest BCUT2D eigenvalue weighted by Crippen LogP contribution is 1.99. The molecule has 0 radical (unpaired) electrons. The third-order valence-corrected chi connectivity index (χ3v) is 2.97. The van der Waals surface area contributed by atoms with Gasteiger partial charge in [-0.15, -0.1) is 0 Å². The Kier molecular flexibility index (Phi) is 4.33. The van der Waals surface area contributed by atoms with Crippen LogP contribution in [0.2, 0.25) is 0 Å². The van der Waals surface area contributed by atoms with Crippen LogP contribution >= 0.6 is 0 Å². The van der Waals surface area contributed by atoms with Gasteiger partial charge >= 0.3 is 0 Å². The van der Waals surface area contributed by atoms with Gasteiger partial charge in [-0.2, -0.15) is 5.10 Å². The van der Waals surface area contributed by atoms with Crippen LogP contribution in [-0.4, -0.2) is 25.9 Å². The van der Waals surface area contributed by atoms with E-state index in [-0.39, 0.29) is 5.56 Å². The summed E-state index contributed by atoms with van der Waals surface area (Å²) in [5, 5.41) is 7.20. The molecule has 2 heterocycles. The highest BCUT2D eigenvalue weighted by atomic mass is 16.1. The summed E-state index contributed by atoms with van der Waals surface area (Å²) in [5.41, 5.74) is 1.06. The molecule has 6 nitrogen and oxygen atoms in total. The highest BCUT2D eigenvalue weighted by molar-refractivity contribution is 5.30. The van der Waals surface area contributed by atoms with Crippen LogP contribution < -0.4 is 10.9 Å². The van der Waals surface area contributed by atoms with Gasteiger partial charge in [-0.3, -0.25) is 9.48 Å². The van der Waals surface area contributed by atoms with E-state index in [0.29, 0.717) is 12.4 Å². The molecule has 0 unspecified atom stereocenters. The average Bonchev–Trinajstić information content (AvgIpc) is 2.80. The second-order valence-corrected chi connectivity index (χ2v) is 4.40. The first-order valence-corrected chi connectivity index (χ1v) is 6.48. The molecule has 0 aliphatic rings. The normalized spacial score (nSPS) is 10.6. The van der Waals surface area contributed by atoms with E-state index >= 15 is 0 Å². The molecule has 19 heavy (non-hydrogen) atoms. The Balaban J connectivity index is 1.98. The molecule has 0 atom stereocenters. The summed E-state index contributed by atoms with van der Waals surface area (Å²) < 4.78 is 3.51. The van der Waals surface area contributed by atoms with Crippen LogP contribution in [0, 0.1) is 0 Å². The number of nitrogens with zero attached hydrogens (tertiary/aromatic N) is 4. The van der Waals surface area contributed by atoms with Crippen molar-refractivity contribution in [3.8, 4) is 0 Å². The van der Waals surface area contributed by atoms with Crippen LogP contribution in [0.1, 0.15) is 19.0 Å². The molecule has 0 bridgehead atoms. The Morgan fingerprint density at radius 1 is 1.37 bits per heavy atom. The van der Waals surface area contributed by atoms with Crippen LogP contribution in [0.3, 0.4) is 0 Å². The number of rotatable bonds is 6. The van der Waals surface area contributed by atoms with Gasteiger partial charge in [0.15, 0.2) is 5.82 Å². The maximum atomic E-state index is 12.0. The van der Waals surface area contributed by atoms with Crippen molar-refractivity contribution < 1.29 is 0 Å². The molecule has 2 aromatic heterocycles. The van der Waals surface area contributed by atoms with Crippen LogP contribution in [0.4, 0.5) is 5.82 Å². The largest absolute Gasteiger partial charge is 0.365 e. The quantitative estimate of drug-likeness (QED) is 0.844. The topological polar surface area (TPSA) is 64.7 Å². The van der Waals surface area contributed by atoms with E-state index in [1.165, 1.54) is 0 Å². The van der Waals surface area contributed by atoms with Crippen LogP contribution in [0.5, 0.6) is 0 Å². The Morgan fingerprint density at radius 3 is 2.89 bits per heavy atom. The summed E-state index contributed by atoms with van der Waals surface area (Å²) >= 11 is 0. The van der Waals surface area contributed by atoms with Crippen LogP contribution in [0.15, 0.2) is 29.5 Å². The molecule has 1 N–H and O–H groups in total. The standard InChI is InChI=1S/C13H19N5O/c1-3-9-18-10-8-15-12(13(18)19)14-6-4-11-5-7-16-17(11)2/h5,7-8,10H,3-4,6,9H2,1-2H3,(H,14,15). The van der Waals surface area contributed by atoms with Crippen LogP contribution in [-0.2, 0) is 20.0 Å². The first kappa shape index (κ1) is 13.3. The monoisotopic (exact) mass is 261 g/mol. The molecule has 2 rings (SSSR count). The van der Waals surface area contributed by atoms with E-state index in [0.717, 1.165) is 25.1 Å². The Bertz CT molecular complexity index is 587. The first-order valence-electron chi connectivity index (χ1n) is 6.48. The predicted octanol–water partition coefficient (Wildman–Crippen LogP) is 1.04. The minimum atomic E-state index is -0.0608. The molecule has 0 aliphatic heterocycles. The second-order valence-electron chi connectivity index (χ2n) is 4.40. The van der Waals surface area contributed by atoms with Crippen molar-refractivity contribution in [1.82, 2.24) is 19.3 Å². The fourth-order valence-corrected chi connectivity index (χ4v) is 1.94. The number of hydrogen-bond donors (Lipinski definition) is 1. The van der Waals surface area contributed by atoms with E-state index < -0.39 is 0 Å². The number of anilines is 1. The van der Waals surface area contributed by atoms with Crippen molar-refractivity contribution in [1.29, 1.82) is 0 Å². The van der Waals surface area contributed by atoms with Crippen molar-refractivity contribution in [3.63, 3.8) is 0 Å².